The molecule has 18 heavy (non-hydrogen) atoms. The van der Waals surface area contributed by atoms with Gasteiger partial charge in [0, 0.05) is 17.3 Å². The van der Waals surface area contributed by atoms with Gasteiger partial charge in [-0.15, -0.1) is 0 Å². The maximum Gasteiger partial charge on any atom is 0.0659 e. The monoisotopic (exact) mass is 266 g/mol. The van der Waals surface area contributed by atoms with E-state index in [1.165, 1.54) is 11.4 Å². The zero-order valence-corrected chi connectivity index (χ0v) is 13.3. The first-order chi connectivity index (χ1) is 8.29. The summed E-state index contributed by atoms with van der Waals surface area (Å²) >= 11 is 0. The van der Waals surface area contributed by atoms with E-state index in [0.717, 1.165) is 5.03 Å². The van der Waals surface area contributed by atoms with Crippen LogP contribution in [-0.4, -0.2) is 17.4 Å². The predicted octanol–water partition coefficient (Wildman–Crippen LogP) is 3.71. The molecule has 0 radical (unpaired) electrons. The molecule has 0 unspecified atom stereocenters. The summed E-state index contributed by atoms with van der Waals surface area (Å²) in [5, 5.41) is 1.02. The summed E-state index contributed by atoms with van der Waals surface area (Å²) in [6.45, 7) is 8.71. The topological polar surface area (TPSA) is 29.3 Å². The molecular formula is C15H26N2S. The maximum atomic E-state index is 6.38. The molecule has 1 aliphatic rings. The van der Waals surface area contributed by atoms with Crippen LogP contribution < -0.4 is 5.73 Å². The van der Waals surface area contributed by atoms with Crippen molar-refractivity contribution in [3.8, 4) is 0 Å². The van der Waals surface area contributed by atoms with E-state index in [-0.39, 0.29) is 16.3 Å². The van der Waals surface area contributed by atoms with E-state index < -0.39 is 0 Å². The molecule has 2 N–H and O–H groups in total. The molecule has 0 amide bonds. The van der Waals surface area contributed by atoms with Crippen LogP contribution in [0.5, 0.6) is 0 Å². The molecule has 0 aromatic heterocycles. The number of allylic oxidation sites excluding steroid dienone is 5. The van der Waals surface area contributed by atoms with Crippen molar-refractivity contribution in [1.82, 2.24) is 4.90 Å². The molecule has 0 saturated carbocycles. The Morgan fingerprint density at radius 1 is 1.28 bits per heavy atom. The van der Waals surface area contributed by atoms with Gasteiger partial charge in [-0.1, -0.05) is 32.9 Å². The SMILES string of the molecule is C/C=C1/C=CC=CN1/C(=C(\N)[SH](C)C)C(C)(C)C. The summed E-state index contributed by atoms with van der Waals surface area (Å²) in [5.41, 5.74) is 8.80. The minimum Gasteiger partial charge on any atom is -0.393 e. The second-order valence-electron chi connectivity index (χ2n) is 5.66. The molecule has 1 heterocycles. The molecule has 0 saturated heterocycles. The van der Waals surface area contributed by atoms with Gasteiger partial charge in [0.2, 0.25) is 0 Å². The Labute approximate surface area is 114 Å². The lowest BCUT2D eigenvalue weighted by Crippen LogP contribution is -2.29. The lowest BCUT2D eigenvalue weighted by atomic mass is 9.90. The van der Waals surface area contributed by atoms with Gasteiger partial charge in [-0.25, -0.2) is 10.9 Å². The Kier molecular flexibility index (Phi) is 4.74. The summed E-state index contributed by atoms with van der Waals surface area (Å²) in [6.07, 6.45) is 14.9. The molecule has 0 aromatic carbocycles. The largest absolute Gasteiger partial charge is 0.393 e. The number of rotatable bonds is 2. The fourth-order valence-corrected chi connectivity index (χ4v) is 2.84. The second kappa shape index (κ2) is 5.70. The highest BCUT2D eigenvalue weighted by atomic mass is 32.2. The normalized spacial score (nSPS) is 20.2. The molecule has 0 fully saturated rings. The molecule has 0 bridgehead atoms. The molecule has 1 rings (SSSR count). The van der Waals surface area contributed by atoms with E-state index >= 15 is 0 Å². The van der Waals surface area contributed by atoms with Gasteiger partial charge in [0.25, 0.3) is 0 Å². The van der Waals surface area contributed by atoms with Gasteiger partial charge >= 0.3 is 0 Å². The van der Waals surface area contributed by atoms with Crippen molar-refractivity contribution < 1.29 is 0 Å². The van der Waals surface area contributed by atoms with E-state index in [4.69, 9.17) is 5.73 Å². The predicted molar refractivity (Wildman–Crippen MR) is 85.4 cm³/mol. The molecule has 0 spiro atoms. The lowest BCUT2D eigenvalue weighted by molar-refractivity contribution is 0.381. The van der Waals surface area contributed by atoms with E-state index in [2.05, 4.69) is 75.6 Å². The third-order valence-corrected chi connectivity index (χ3v) is 4.04. The van der Waals surface area contributed by atoms with Crippen LogP contribution in [0.15, 0.2) is 46.9 Å². The fourth-order valence-electron chi connectivity index (χ4n) is 1.98. The molecule has 0 aliphatic carbocycles. The number of hydrogen-bond acceptors (Lipinski definition) is 2. The van der Waals surface area contributed by atoms with Crippen molar-refractivity contribution in [2.75, 3.05) is 12.5 Å². The van der Waals surface area contributed by atoms with Crippen LogP contribution in [0, 0.1) is 5.41 Å². The highest BCUT2D eigenvalue weighted by Crippen LogP contribution is 2.39. The smallest absolute Gasteiger partial charge is 0.0659 e. The van der Waals surface area contributed by atoms with Gasteiger partial charge in [-0.05, 0) is 31.6 Å². The second-order valence-corrected chi connectivity index (χ2v) is 7.93. The molecule has 102 valence electrons. The van der Waals surface area contributed by atoms with E-state index in [1.54, 1.807) is 0 Å². The zero-order valence-electron chi connectivity index (χ0n) is 12.4. The van der Waals surface area contributed by atoms with Crippen LogP contribution in [0.25, 0.3) is 0 Å². The maximum absolute atomic E-state index is 6.38. The van der Waals surface area contributed by atoms with Gasteiger partial charge in [0.15, 0.2) is 0 Å². The van der Waals surface area contributed by atoms with Crippen molar-refractivity contribution in [2.45, 2.75) is 27.7 Å². The fraction of sp³-hybridized carbons (Fsp3) is 0.467. The third-order valence-electron chi connectivity index (χ3n) is 2.86. The average molecular weight is 266 g/mol. The van der Waals surface area contributed by atoms with Crippen LogP contribution >= 0.6 is 10.9 Å². The number of hydrogen-bond donors (Lipinski definition) is 2. The Balaban J connectivity index is 3.34. The Hall–Kier alpha value is -1.09. The van der Waals surface area contributed by atoms with E-state index in [9.17, 15) is 0 Å². The average Bonchev–Trinajstić information content (AvgIpc) is 2.27. The van der Waals surface area contributed by atoms with Gasteiger partial charge in [-0.3, -0.25) is 0 Å². The quantitative estimate of drug-likeness (QED) is 0.746. The highest BCUT2D eigenvalue weighted by molar-refractivity contribution is 8.19. The molecule has 0 aromatic rings. The molecule has 1 aliphatic heterocycles. The first-order valence-corrected chi connectivity index (χ1v) is 8.50. The van der Waals surface area contributed by atoms with Gasteiger partial charge in [0.1, 0.15) is 0 Å². The Bertz CT molecular complexity index is 420. The van der Waals surface area contributed by atoms with Crippen molar-refractivity contribution in [3.05, 3.63) is 46.9 Å². The Morgan fingerprint density at radius 2 is 1.89 bits per heavy atom. The summed E-state index contributed by atoms with van der Waals surface area (Å²) in [5.74, 6) is 0. The molecule has 2 nitrogen and oxygen atoms in total. The molecular weight excluding hydrogens is 240 g/mol. The van der Waals surface area contributed by atoms with Crippen LogP contribution in [0.2, 0.25) is 0 Å². The van der Waals surface area contributed by atoms with Crippen molar-refractivity contribution >= 4 is 10.9 Å². The number of nitrogens with two attached hydrogens (primary N) is 1. The summed E-state index contributed by atoms with van der Waals surface area (Å²) in [6, 6.07) is 0. The lowest BCUT2D eigenvalue weighted by Gasteiger charge is -2.37. The standard InChI is InChI=1S/C15H26N2S/c1-7-12-10-8-9-11-17(12)13(15(2,3)4)14(16)18(5)6/h7-11,18H,16H2,1-6H3/b12-7-,14-13+. The highest BCUT2D eigenvalue weighted by Gasteiger charge is 2.27. The van der Waals surface area contributed by atoms with Gasteiger partial charge < -0.3 is 10.6 Å². The van der Waals surface area contributed by atoms with E-state index in [0.29, 0.717) is 0 Å². The van der Waals surface area contributed by atoms with Crippen molar-refractivity contribution in [1.29, 1.82) is 0 Å². The van der Waals surface area contributed by atoms with Crippen molar-refractivity contribution in [3.63, 3.8) is 0 Å². The first kappa shape index (κ1) is 15.0. The third kappa shape index (κ3) is 3.22. The first-order valence-electron chi connectivity index (χ1n) is 6.27. The van der Waals surface area contributed by atoms with Crippen LogP contribution in [0.4, 0.5) is 0 Å². The van der Waals surface area contributed by atoms with Crippen LogP contribution in [0.3, 0.4) is 0 Å². The summed E-state index contributed by atoms with van der Waals surface area (Å²) in [7, 11) is -0.284. The zero-order chi connectivity index (χ0) is 13.9. The van der Waals surface area contributed by atoms with Gasteiger partial charge in [-0.2, -0.15) is 0 Å². The summed E-state index contributed by atoms with van der Waals surface area (Å²) < 4.78 is 0. The molecule has 3 heteroatoms. The summed E-state index contributed by atoms with van der Waals surface area (Å²) in [4.78, 5) is 2.22. The van der Waals surface area contributed by atoms with Crippen molar-refractivity contribution in [2.24, 2.45) is 11.1 Å². The minimum absolute atomic E-state index is 0.0282. The number of nitrogens with zero attached hydrogens (tertiary/aromatic N) is 1. The Morgan fingerprint density at radius 3 is 2.33 bits per heavy atom. The van der Waals surface area contributed by atoms with Crippen LogP contribution in [0.1, 0.15) is 27.7 Å². The van der Waals surface area contributed by atoms with E-state index in [1.807, 2.05) is 0 Å². The van der Waals surface area contributed by atoms with Gasteiger partial charge in [0.05, 0.1) is 10.7 Å². The van der Waals surface area contributed by atoms with Crippen LogP contribution in [-0.2, 0) is 0 Å². The molecule has 0 atom stereocenters. The number of thiol groups is 1. The minimum atomic E-state index is -0.284.